The number of nitrogens with two attached hydrogens (primary N) is 1. The van der Waals surface area contributed by atoms with Crippen LogP contribution in [-0.4, -0.2) is 33.8 Å². The second-order valence-electron chi connectivity index (χ2n) is 6.59. The summed E-state index contributed by atoms with van der Waals surface area (Å²) in [5.74, 6) is 0.519. The van der Waals surface area contributed by atoms with Gasteiger partial charge in [0.2, 0.25) is 5.91 Å². The first kappa shape index (κ1) is 16.4. The normalized spacial score (nSPS) is 19.8. The topological polar surface area (TPSA) is 98.7 Å². The van der Waals surface area contributed by atoms with E-state index in [0.717, 1.165) is 17.3 Å². The number of benzene rings is 1. The fourth-order valence-corrected chi connectivity index (χ4v) is 3.66. The predicted molar refractivity (Wildman–Crippen MR) is 97.0 cm³/mol. The van der Waals surface area contributed by atoms with Gasteiger partial charge in [-0.25, -0.2) is 4.98 Å². The number of pyridine rings is 1. The van der Waals surface area contributed by atoms with Crippen LogP contribution in [0.3, 0.4) is 0 Å². The number of amides is 2. The Morgan fingerprint density at radius 1 is 1.46 bits per heavy atom. The number of nitrogens with one attached hydrogen (secondary N) is 1. The highest BCUT2D eigenvalue weighted by atomic mass is 16.5. The minimum Gasteiger partial charge on any atom is -0.489 e. The van der Waals surface area contributed by atoms with Crippen LogP contribution in [0.15, 0.2) is 36.7 Å². The molecule has 2 unspecified atom stereocenters. The van der Waals surface area contributed by atoms with E-state index in [1.807, 2.05) is 22.6 Å². The lowest BCUT2D eigenvalue weighted by Gasteiger charge is -2.19. The molecule has 0 saturated carbocycles. The van der Waals surface area contributed by atoms with Gasteiger partial charge in [0.25, 0.3) is 5.91 Å². The molecule has 3 aromatic rings. The van der Waals surface area contributed by atoms with Crippen molar-refractivity contribution in [3.63, 3.8) is 0 Å². The van der Waals surface area contributed by atoms with Crippen LogP contribution in [0.2, 0.25) is 0 Å². The van der Waals surface area contributed by atoms with Crippen molar-refractivity contribution in [2.24, 2.45) is 11.7 Å². The number of para-hydroxylation sites is 1. The highest BCUT2D eigenvalue weighted by Crippen LogP contribution is 2.29. The van der Waals surface area contributed by atoms with E-state index in [2.05, 4.69) is 17.2 Å². The number of primary amides is 1. The van der Waals surface area contributed by atoms with E-state index in [-0.39, 0.29) is 17.9 Å². The van der Waals surface area contributed by atoms with Gasteiger partial charge in [0.05, 0.1) is 17.1 Å². The van der Waals surface area contributed by atoms with E-state index in [4.69, 9.17) is 10.5 Å². The van der Waals surface area contributed by atoms with E-state index in [9.17, 15) is 9.59 Å². The van der Waals surface area contributed by atoms with Gasteiger partial charge in [0, 0.05) is 24.2 Å². The second-order valence-corrected chi connectivity index (χ2v) is 6.59. The van der Waals surface area contributed by atoms with Crippen LogP contribution >= 0.6 is 0 Å². The number of carbonyl (C=O) groups is 2. The van der Waals surface area contributed by atoms with Crippen LogP contribution in [0.1, 0.15) is 30.1 Å². The zero-order valence-corrected chi connectivity index (χ0v) is 14.4. The average Bonchev–Trinajstić information content (AvgIpc) is 3.25. The summed E-state index contributed by atoms with van der Waals surface area (Å²) in [7, 11) is 0. The maximum absolute atomic E-state index is 11.7. The van der Waals surface area contributed by atoms with Crippen molar-refractivity contribution < 1.29 is 14.3 Å². The summed E-state index contributed by atoms with van der Waals surface area (Å²) in [6, 6.07) is 7.39. The smallest absolute Gasteiger partial charge is 0.252 e. The Balaban J connectivity index is 1.73. The number of hydrogen-bond acceptors (Lipinski definition) is 4. The molecular formula is C19H20N4O3. The summed E-state index contributed by atoms with van der Waals surface area (Å²) in [5.41, 5.74) is 7.18. The van der Waals surface area contributed by atoms with Crippen molar-refractivity contribution in [1.82, 2.24) is 14.7 Å². The van der Waals surface area contributed by atoms with Gasteiger partial charge in [-0.3, -0.25) is 14.0 Å². The molecule has 134 valence electrons. The molecule has 0 bridgehead atoms. The van der Waals surface area contributed by atoms with Crippen LogP contribution in [0, 0.1) is 5.92 Å². The molecule has 1 fully saturated rings. The van der Waals surface area contributed by atoms with E-state index in [1.54, 1.807) is 18.5 Å². The number of hydrogen-bond donors (Lipinski definition) is 2. The van der Waals surface area contributed by atoms with Crippen LogP contribution in [0.5, 0.6) is 5.75 Å². The molecule has 0 aliphatic carbocycles. The largest absolute Gasteiger partial charge is 0.489 e. The Hall–Kier alpha value is -3.09. The van der Waals surface area contributed by atoms with Gasteiger partial charge in [-0.15, -0.1) is 0 Å². The third kappa shape index (κ3) is 2.65. The van der Waals surface area contributed by atoms with Gasteiger partial charge < -0.3 is 15.8 Å². The Morgan fingerprint density at radius 3 is 3.08 bits per heavy atom. The number of imidazole rings is 1. The maximum Gasteiger partial charge on any atom is 0.252 e. The molecule has 7 heteroatoms. The third-order valence-electron chi connectivity index (χ3n) is 5.02. The monoisotopic (exact) mass is 352 g/mol. The maximum atomic E-state index is 11.7. The van der Waals surface area contributed by atoms with Crippen LogP contribution in [-0.2, 0) is 4.79 Å². The van der Waals surface area contributed by atoms with Gasteiger partial charge in [0.15, 0.2) is 0 Å². The van der Waals surface area contributed by atoms with Gasteiger partial charge in [-0.05, 0) is 18.1 Å². The molecule has 1 saturated heterocycles. The second kappa shape index (κ2) is 6.33. The lowest BCUT2D eigenvalue weighted by atomic mass is 9.98. The minimum absolute atomic E-state index is 0.00549. The molecule has 3 heterocycles. The Bertz CT molecular complexity index is 1010. The fraction of sp³-hybridized carbons (Fsp3) is 0.316. The number of fused-ring (bicyclic) bond motifs is 3. The van der Waals surface area contributed by atoms with E-state index < -0.39 is 5.91 Å². The summed E-state index contributed by atoms with van der Waals surface area (Å²) >= 11 is 0. The molecule has 26 heavy (non-hydrogen) atoms. The molecule has 2 amide bonds. The summed E-state index contributed by atoms with van der Waals surface area (Å²) in [6.07, 6.45) is 4.88. The molecule has 1 aliphatic rings. The average molecular weight is 352 g/mol. The zero-order valence-electron chi connectivity index (χ0n) is 14.4. The van der Waals surface area contributed by atoms with Crippen LogP contribution in [0.4, 0.5) is 0 Å². The van der Waals surface area contributed by atoms with Gasteiger partial charge in [-0.1, -0.05) is 25.5 Å². The number of carbonyl (C=O) groups excluding carboxylic acids is 2. The first-order valence-electron chi connectivity index (χ1n) is 8.69. The molecule has 7 nitrogen and oxygen atoms in total. The van der Waals surface area contributed by atoms with Crippen molar-refractivity contribution in [2.75, 3.05) is 6.61 Å². The first-order valence-corrected chi connectivity index (χ1v) is 8.69. The summed E-state index contributed by atoms with van der Waals surface area (Å²) < 4.78 is 7.90. The van der Waals surface area contributed by atoms with Gasteiger partial charge in [-0.2, -0.15) is 0 Å². The molecular weight excluding hydrogens is 332 g/mol. The minimum atomic E-state index is -0.520. The number of nitrogens with zero attached hydrogens (tertiary/aromatic N) is 2. The molecule has 0 radical (unpaired) electrons. The Morgan fingerprint density at radius 2 is 2.31 bits per heavy atom. The molecule has 2 atom stereocenters. The summed E-state index contributed by atoms with van der Waals surface area (Å²) in [6.45, 7) is 2.48. The van der Waals surface area contributed by atoms with Crippen LogP contribution < -0.4 is 15.8 Å². The quantitative estimate of drug-likeness (QED) is 0.732. The Kier molecular flexibility index (Phi) is 3.99. The Labute approximate surface area is 150 Å². The van der Waals surface area contributed by atoms with Crippen molar-refractivity contribution in [3.05, 3.63) is 42.2 Å². The van der Waals surface area contributed by atoms with Crippen molar-refractivity contribution in [2.45, 2.75) is 25.8 Å². The molecule has 3 N–H and O–H groups in total. The predicted octanol–water partition coefficient (Wildman–Crippen LogP) is 1.88. The standard InChI is InChI=1S/C19H20N4O3/c1-2-11-9-16(24)22-14(11)10-26-15-5-3-4-12-8-13(18(20)25)19-21-6-7-23(19)17(12)15/h3-8,11,14H,2,9-10H2,1H3,(H2,20,25)(H,22,24). The van der Waals surface area contributed by atoms with E-state index >= 15 is 0 Å². The number of aromatic nitrogens is 2. The third-order valence-corrected chi connectivity index (χ3v) is 5.02. The first-order chi connectivity index (χ1) is 12.6. The molecule has 1 aromatic carbocycles. The zero-order chi connectivity index (χ0) is 18.3. The summed E-state index contributed by atoms with van der Waals surface area (Å²) in [5, 5.41) is 3.82. The summed E-state index contributed by atoms with van der Waals surface area (Å²) in [4.78, 5) is 27.7. The van der Waals surface area contributed by atoms with E-state index in [1.165, 1.54) is 0 Å². The lowest BCUT2D eigenvalue weighted by Crippen LogP contribution is -2.34. The highest BCUT2D eigenvalue weighted by molar-refractivity contribution is 6.03. The van der Waals surface area contributed by atoms with Crippen molar-refractivity contribution >= 4 is 28.4 Å². The number of rotatable bonds is 5. The number of ether oxygens (including phenoxy) is 1. The lowest BCUT2D eigenvalue weighted by molar-refractivity contribution is -0.119. The van der Waals surface area contributed by atoms with Crippen LogP contribution in [0.25, 0.3) is 16.6 Å². The van der Waals surface area contributed by atoms with Gasteiger partial charge in [0.1, 0.15) is 18.0 Å². The molecule has 1 aliphatic heterocycles. The highest BCUT2D eigenvalue weighted by Gasteiger charge is 2.31. The molecule has 0 spiro atoms. The fourth-order valence-electron chi connectivity index (χ4n) is 3.66. The molecule has 2 aromatic heterocycles. The van der Waals surface area contributed by atoms with Gasteiger partial charge >= 0.3 is 0 Å². The van der Waals surface area contributed by atoms with E-state index in [0.29, 0.717) is 30.0 Å². The van der Waals surface area contributed by atoms with Crippen molar-refractivity contribution in [1.29, 1.82) is 0 Å². The van der Waals surface area contributed by atoms with Crippen molar-refractivity contribution in [3.8, 4) is 5.75 Å². The SMILES string of the molecule is CCC1CC(=O)NC1COc1cccc2cc(C(N)=O)c3nccn3c12. The molecule has 4 rings (SSSR count).